The first-order valence-electron chi connectivity index (χ1n) is 5.86. The van der Waals surface area contributed by atoms with Crippen LogP contribution in [0.25, 0.3) is 0 Å². The smallest absolute Gasteiger partial charge is 0.00489 e. The number of nitrogens with one attached hydrogen (secondary N) is 1. The largest absolute Gasteiger partial charge is 0.316 e. The molecule has 0 aromatic carbocycles. The lowest BCUT2D eigenvalue weighted by atomic mass is 9.99. The molecule has 0 aliphatic heterocycles. The molecule has 1 aromatic rings. The first-order chi connectivity index (χ1) is 7.11. The summed E-state index contributed by atoms with van der Waals surface area (Å²) in [5, 5.41) is 5.70. The summed E-state index contributed by atoms with van der Waals surface area (Å²) in [7, 11) is 0. The van der Waals surface area contributed by atoms with Gasteiger partial charge in [-0.15, -0.1) is 11.3 Å². The summed E-state index contributed by atoms with van der Waals surface area (Å²) >= 11 is 1.86. The van der Waals surface area contributed by atoms with Crippen LogP contribution in [0.15, 0.2) is 11.4 Å². The molecular weight excluding hydrogens is 202 g/mol. The fourth-order valence-electron chi connectivity index (χ4n) is 1.77. The van der Waals surface area contributed by atoms with Crippen molar-refractivity contribution in [3.63, 3.8) is 0 Å². The van der Waals surface area contributed by atoms with Crippen molar-refractivity contribution in [2.75, 3.05) is 13.1 Å². The third-order valence-corrected chi connectivity index (χ3v) is 3.60. The highest BCUT2D eigenvalue weighted by atomic mass is 32.1. The summed E-state index contributed by atoms with van der Waals surface area (Å²) in [4.78, 5) is 1.48. The van der Waals surface area contributed by atoms with E-state index in [-0.39, 0.29) is 0 Å². The van der Waals surface area contributed by atoms with Crippen LogP contribution < -0.4 is 5.32 Å². The van der Waals surface area contributed by atoms with Gasteiger partial charge in [-0.05, 0) is 55.3 Å². The number of rotatable bonds is 6. The highest BCUT2D eigenvalue weighted by Crippen LogP contribution is 2.25. The first-order valence-corrected chi connectivity index (χ1v) is 6.74. The Morgan fingerprint density at radius 1 is 1.33 bits per heavy atom. The van der Waals surface area contributed by atoms with Crippen LogP contribution in [-0.4, -0.2) is 13.1 Å². The van der Waals surface area contributed by atoms with E-state index in [1.807, 2.05) is 11.3 Å². The molecule has 1 rings (SSSR count). The van der Waals surface area contributed by atoms with Gasteiger partial charge in [0.05, 0.1) is 0 Å². The minimum Gasteiger partial charge on any atom is -0.316 e. The van der Waals surface area contributed by atoms with E-state index in [1.165, 1.54) is 16.9 Å². The Morgan fingerprint density at radius 2 is 2.07 bits per heavy atom. The summed E-state index contributed by atoms with van der Waals surface area (Å²) in [6.07, 6.45) is 1.24. The molecule has 1 N–H and O–H groups in total. The molecule has 0 bridgehead atoms. The molecule has 1 nitrogen and oxygen atoms in total. The maximum Gasteiger partial charge on any atom is 0.00489 e. The molecule has 15 heavy (non-hydrogen) atoms. The molecule has 0 spiro atoms. The zero-order valence-corrected chi connectivity index (χ0v) is 11.2. The fourth-order valence-corrected chi connectivity index (χ4v) is 2.59. The van der Waals surface area contributed by atoms with Gasteiger partial charge >= 0.3 is 0 Å². The van der Waals surface area contributed by atoms with E-state index in [4.69, 9.17) is 0 Å². The van der Waals surface area contributed by atoms with Crippen molar-refractivity contribution in [2.24, 2.45) is 5.92 Å². The molecule has 1 aromatic heterocycles. The van der Waals surface area contributed by atoms with Crippen molar-refractivity contribution in [2.45, 2.75) is 40.0 Å². The molecule has 0 fully saturated rings. The second-order valence-electron chi connectivity index (χ2n) is 4.72. The molecule has 0 radical (unpaired) electrons. The molecule has 86 valence electrons. The predicted octanol–water partition coefficient (Wildman–Crippen LogP) is 3.80. The molecule has 0 amide bonds. The Morgan fingerprint density at radius 3 is 2.60 bits per heavy atom. The third-order valence-electron chi connectivity index (χ3n) is 2.74. The summed E-state index contributed by atoms with van der Waals surface area (Å²) in [5.41, 5.74) is 1.53. The van der Waals surface area contributed by atoms with Crippen molar-refractivity contribution in [3.05, 3.63) is 21.9 Å². The third kappa shape index (κ3) is 4.35. The lowest BCUT2D eigenvalue weighted by molar-refractivity contribution is 0.525. The fraction of sp³-hybridized carbons (Fsp3) is 0.692. The number of thiophene rings is 1. The predicted molar refractivity (Wildman–Crippen MR) is 69.8 cm³/mol. The van der Waals surface area contributed by atoms with Crippen LogP contribution in [0.4, 0.5) is 0 Å². The van der Waals surface area contributed by atoms with Gasteiger partial charge in [-0.1, -0.05) is 20.8 Å². The lowest BCUT2D eigenvalue weighted by Gasteiger charge is -2.13. The Bertz CT molecular complexity index is 278. The van der Waals surface area contributed by atoms with Crippen LogP contribution >= 0.6 is 11.3 Å². The molecule has 1 heterocycles. The standard InChI is InChI=1S/C13H23NS/c1-10(2)9-14-7-5-11(3)13-6-8-15-12(13)4/h6,8,10-11,14H,5,7,9H2,1-4H3. The molecule has 1 unspecified atom stereocenters. The Balaban J connectivity index is 2.25. The molecule has 0 aliphatic carbocycles. The van der Waals surface area contributed by atoms with Gasteiger partial charge in [0.1, 0.15) is 0 Å². The van der Waals surface area contributed by atoms with Crippen LogP contribution in [0.1, 0.15) is 43.6 Å². The number of aryl methyl sites for hydroxylation is 1. The average molecular weight is 225 g/mol. The monoisotopic (exact) mass is 225 g/mol. The van der Waals surface area contributed by atoms with Gasteiger partial charge in [0.25, 0.3) is 0 Å². The van der Waals surface area contributed by atoms with Crippen molar-refractivity contribution < 1.29 is 0 Å². The minimum absolute atomic E-state index is 0.691. The molecule has 0 saturated carbocycles. The van der Waals surface area contributed by atoms with Crippen LogP contribution in [0.3, 0.4) is 0 Å². The molecule has 1 atom stereocenters. The average Bonchev–Trinajstić information content (AvgIpc) is 2.58. The van der Waals surface area contributed by atoms with Crippen LogP contribution in [0.2, 0.25) is 0 Å². The molecule has 0 aliphatic rings. The molecule has 0 saturated heterocycles. The Kier molecular flexibility index (Phi) is 5.34. The summed E-state index contributed by atoms with van der Waals surface area (Å²) in [6.45, 7) is 11.3. The lowest BCUT2D eigenvalue weighted by Crippen LogP contribution is -2.21. The Hall–Kier alpha value is -0.340. The van der Waals surface area contributed by atoms with Crippen LogP contribution in [-0.2, 0) is 0 Å². The summed E-state index contributed by atoms with van der Waals surface area (Å²) in [6, 6.07) is 2.27. The Labute approximate surface area is 97.9 Å². The zero-order chi connectivity index (χ0) is 11.3. The van der Waals surface area contributed by atoms with Crippen molar-refractivity contribution >= 4 is 11.3 Å². The van der Waals surface area contributed by atoms with Gasteiger partial charge in [-0.25, -0.2) is 0 Å². The summed E-state index contributed by atoms with van der Waals surface area (Å²) < 4.78 is 0. The van der Waals surface area contributed by atoms with Gasteiger partial charge < -0.3 is 5.32 Å². The topological polar surface area (TPSA) is 12.0 Å². The van der Waals surface area contributed by atoms with E-state index in [0.29, 0.717) is 5.92 Å². The van der Waals surface area contributed by atoms with E-state index in [2.05, 4.69) is 44.5 Å². The second kappa shape index (κ2) is 6.29. The van der Waals surface area contributed by atoms with E-state index in [1.54, 1.807) is 0 Å². The molecule has 2 heteroatoms. The number of hydrogen-bond donors (Lipinski definition) is 1. The van der Waals surface area contributed by atoms with Gasteiger partial charge in [-0.2, -0.15) is 0 Å². The number of hydrogen-bond acceptors (Lipinski definition) is 2. The van der Waals surface area contributed by atoms with Crippen LogP contribution in [0.5, 0.6) is 0 Å². The summed E-state index contributed by atoms with van der Waals surface area (Å²) in [5.74, 6) is 1.44. The zero-order valence-electron chi connectivity index (χ0n) is 10.3. The highest BCUT2D eigenvalue weighted by molar-refractivity contribution is 7.10. The van der Waals surface area contributed by atoms with Gasteiger partial charge in [0.15, 0.2) is 0 Å². The molecular formula is C13H23NS. The van der Waals surface area contributed by atoms with E-state index < -0.39 is 0 Å². The highest BCUT2D eigenvalue weighted by Gasteiger charge is 2.08. The second-order valence-corrected chi connectivity index (χ2v) is 5.84. The van der Waals surface area contributed by atoms with E-state index >= 15 is 0 Å². The van der Waals surface area contributed by atoms with Crippen molar-refractivity contribution in [1.29, 1.82) is 0 Å². The first kappa shape index (κ1) is 12.7. The maximum absolute atomic E-state index is 3.50. The van der Waals surface area contributed by atoms with Gasteiger partial charge in [-0.3, -0.25) is 0 Å². The van der Waals surface area contributed by atoms with E-state index in [9.17, 15) is 0 Å². The van der Waals surface area contributed by atoms with Gasteiger partial charge in [0, 0.05) is 4.88 Å². The normalized spacial score (nSPS) is 13.4. The van der Waals surface area contributed by atoms with Gasteiger partial charge in [0.2, 0.25) is 0 Å². The SMILES string of the molecule is Cc1sccc1C(C)CCNCC(C)C. The minimum atomic E-state index is 0.691. The van der Waals surface area contributed by atoms with Crippen LogP contribution in [0, 0.1) is 12.8 Å². The maximum atomic E-state index is 3.50. The van der Waals surface area contributed by atoms with Crippen molar-refractivity contribution in [1.82, 2.24) is 5.32 Å². The van der Waals surface area contributed by atoms with E-state index in [0.717, 1.165) is 19.0 Å². The quantitative estimate of drug-likeness (QED) is 0.726. The van der Waals surface area contributed by atoms with Crippen molar-refractivity contribution in [3.8, 4) is 0 Å².